The molecule has 8 unspecified atom stereocenters. The number of phosphoric ester groups is 2. The summed E-state index contributed by atoms with van der Waals surface area (Å²) < 4.78 is 101. The van der Waals surface area contributed by atoms with Crippen molar-refractivity contribution in [2.75, 3.05) is 50.4 Å². The van der Waals surface area contributed by atoms with E-state index in [9.17, 15) is 58.4 Å². The van der Waals surface area contributed by atoms with Crippen LogP contribution < -0.4 is 32.5 Å². The molecule has 0 bridgehead atoms. The predicted octanol–water partition coefficient (Wildman–Crippen LogP) is -1.84. The minimum absolute atomic E-state index is 0.00980. The van der Waals surface area contributed by atoms with Crippen LogP contribution in [0.4, 0.5) is 17.7 Å². The summed E-state index contributed by atoms with van der Waals surface area (Å²) in [4.78, 5) is 87.2. The molecular formula is C40H52N15O22P4S+. The Hall–Kier alpha value is -5.47. The molecule has 1 aromatic carbocycles. The number of rotatable bonds is 22. The minimum Gasteiger partial charge on any atom is -0.387 e. The van der Waals surface area contributed by atoms with E-state index >= 15 is 0 Å². The predicted molar refractivity (Wildman–Crippen MR) is 279 cm³/mol. The molecule has 3 saturated heterocycles. The lowest BCUT2D eigenvalue weighted by Crippen LogP contribution is -2.46. The van der Waals surface area contributed by atoms with Crippen LogP contribution in [0.15, 0.2) is 65.2 Å². The third-order valence-corrected chi connectivity index (χ3v) is 19.7. The van der Waals surface area contributed by atoms with Crippen molar-refractivity contribution in [3.63, 3.8) is 0 Å². The highest BCUT2D eigenvalue weighted by Crippen LogP contribution is 2.68. The standard InChI is InChI=1S/C40H51N15O22P4S/c1-52-16-55(33-23(52)35(61)51-40(42)49-33)37-27(59)25(57)19(73-37)11-70-79(63,64)76-81(67,82)77-80(65,66)71-12-20-28(29(68-2)38(74-20)53-14-46-21-30(44-13-45-31(21)53)43-9-17-7-5-4-6-8-17)75-78(3,62)69-10-18-24(56)26(58)36(72-18)54-15-47-22-32(54)48-39(41)50-34(22)60/h4-8,13-16,18-20,24-29,36-38,56-59H,9-12H2,1-3H3,(H9-,41,42,43,44,45,48,49,50,51,60,61,63,64,65,66,67,82)/p+1/t18-,19-,20-,24+,25?,26?,27?,28+,29?,36-,37-,38-,78?,81?/m1/s1. The van der Waals surface area contributed by atoms with E-state index in [1.807, 2.05) is 30.3 Å². The number of anilines is 3. The molecule has 3 aliphatic rings. The van der Waals surface area contributed by atoms with E-state index in [1.165, 1.54) is 46.8 Å². The molecule has 37 nitrogen and oxygen atoms in total. The normalized spacial score (nSPS) is 28.8. The van der Waals surface area contributed by atoms with Crippen LogP contribution in [0.2, 0.25) is 0 Å². The van der Waals surface area contributed by atoms with Gasteiger partial charge in [-0.25, -0.2) is 42.3 Å². The number of ether oxygens (including phenoxy) is 4. The number of hydrogen-bond donors (Lipinski definition) is 12. The Balaban J connectivity index is 0.828. The maximum Gasteiger partial charge on any atom is 0.479 e. The summed E-state index contributed by atoms with van der Waals surface area (Å²) >= 11 is 4.79. The van der Waals surface area contributed by atoms with E-state index in [0.29, 0.717) is 12.4 Å². The van der Waals surface area contributed by atoms with E-state index in [1.54, 1.807) is 0 Å². The molecule has 14 N–H and O–H groups in total. The molecule has 9 heterocycles. The lowest BCUT2D eigenvalue weighted by atomic mass is 10.1. The zero-order chi connectivity index (χ0) is 58.8. The number of methoxy groups -OCH3 is 1. The molecule has 0 aliphatic carbocycles. The Bertz CT molecular complexity index is 3840. The van der Waals surface area contributed by atoms with E-state index in [0.717, 1.165) is 23.1 Å². The third-order valence-electron chi connectivity index (χ3n) is 13.0. The highest BCUT2D eigenvalue weighted by Gasteiger charge is 2.53. The average molecular weight is 1250 g/mol. The van der Waals surface area contributed by atoms with Crippen molar-refractivity contribution in [3.05, 3.63) is 81.9 Å². The molecule has 16 atom stereocenters. The van der Waals surface area contributed by atoms with Crippen molar-refractivity contribution in [1.82, 2.24) is 53.6 Å². The van der Waals surface area contributed by atoms with E-state index < -0.39 is 135 Å². The van der Waals surface area contributed by atoms with Crippen molar-refractivity contribution in [2.24, 2.45) is 7.05 Å². The summed E-state index contributed by atoms with van der Waals surface area (Å²) in [5, 5.41) is 46.9. The number of aliphatic hydroxyl groups excluding tert-OH is 4. The molecule has 7 aromatic rings. The Morgan fingerprint density at radius 3 is 2.04 bits per heavy atom. The molecule has 6 aromatic heterocycles. The maximum absolute atomic E-state index is 14.3. The summed E-state index contributed by atoms with van der Waals surface area (Å²) in [5.41, 5.74) is 11.1. The molecule has 0 spiro atoms. The van der Waals surface area contributed by atoms with Crippen LogP contribution in [0, 0.1) is 0 Å². The Morgan fingerprint density at radius 2 is 1.34 bits per heavy atom. The number of aliphatic hydroxyl groups is 4. The number of fused-ring (bicyclic) bond motifs is 3. The van der Waals surface area contributed by atoms with Gasteiger partial charge in [-0.2, -0.15) is 4.98 Å². The molecule has 0 radical (unpaired) electrons. The zero-order valence-electron chi connectivity index (χ0n) is 42.5. The number of nitrogens with one attached hydrogen (secondary N) is 3. The van der Waals surface area contributed by atoms with E-state index in [2.05, 4.69) is 49.5 Å². The fraction of sp³-hybridized carbons (Fsp3) is 0.475. The lowest BCUT2D eigenvalue weighted by molar-refractivity contribution is -0.745. The Kier molecular flexibility index (Phi) is 16.9. The van der Waals surface area contributed by atoms with Crippen LogP contribution in [0.25, 0.3) is 33.5 Å². The van der Waals surface area contributed by atoms with Gasteiger partial charge in [-0.05, 0) is 17.4 Å². The van der Waals surface area contributed by atoms with Gasteiger partial charge in [0.1, 0.15) is 61.3 Å². The quantitative estimate of drug-likeness (QED) is 0.0262. The van der Waals surface area contributed by atoms with Crippen LogP contribution in [0.1, 0.15) is 24.2 Å². The highest BCUT2D eigenvalue weighted by atomic mass is 32.5. The number of H-pyrrole nitrogens is 2. The van der Waals surface area contributed by atoms with Gasteiger partial charge in [-0.3, -0.25) is 51.4 Å². The van der Waals surface area contributed by atoms with E-state index in [4.69, 9.17) is 64.6 Å². The number of hydrogen-bond acceptors (Lipinski definition) is 29. The molecule has 3 fully saturated rings. The second-order valence-electron chi connectivity index (χ2n) is 18.6. The first-order chi connectivity index (χ1) is 38.7. The SMILES string of the molecule is COC1[C@@H](OP(C)(=O)OC[C@H]2O[C@@H](n3cnc4c(=O)[nH]c(N)nc43)C(O)[C@H]2O)[C@@H](COP(=O)(O)OP(O)(=S)OP(=O)(O)OC[C@H]2O[C@@H]([n+]3cn(C)c4c(=O)[nH]c(N)nc43)C(O)C2O)O[C@H]1n1cnc2c(NCc3ccccc3)ncnc21. The van der Waals surface area contributed by atoms with Gasteiger partial charge in [0.25, 0.3) is 17.1 Å². The number of phosphoric acid groups is 2. The number of aryl methyl sites for hydroxylation is 1. The largest absolute Gasteiger partial charge is 0.479 e. The molecule has 82 heavy (non-hydrogen) atoms. The van der Waals surface area contributed by atoms with Crippen LogP contribution >= 0.6 is 30.0 Å². The summed E-state index contributed by atoms with van der Waals surface area (Å²) in [6.07, 6.45) is -13.7. The molecule has 10 rings (SSSR count). The minimum atomic E-state index is -5.72. The number of nitrogens with zero attached hydrogens (tertiary/aromatic N) is 10. The number of aromatic amines is 2. The van der Waals surface area contributed by atoms with Gasteiger partial charge < -0.3 is 75.4 Å². The topological polar surface area (TPSA) is 511 Å². The molecule has 444 valence electrons. The van der Waals surface area contributed by atoms with Gasteiger partial charge in [-0.1, -0.05) is 35.3 Å². The Labute approximate surface area is 463 Å². The summed E-state index contributed by atoms with van der Waals surface area (Å²) in [5.74, 6) is -0.242. The van der Waals surface area contributed by atoms with Gasteiger partial charge in [0, 0.05) is 20.3 Å². The number of benzene rings is 1. The van der Waals surface area contributed by atoms with Gasteiger partial charge >= 0.3 is 35.6 Å². The van der Waals surface area contributed by atoms with Gasteiger partial charge in [0.05, 0.1) is 39.5 Å². The van der Waals surface area contributed by atoms with Crippen LogP contribution in [-0.2, 0) is 84.8 Å². The Morgan fingerprint density at radius 1 is 0.744 bits per heavy atom. The summed E-state index contributed by atoms with van der Waals surface area (Å²) in [7, 11) is -13.1. The molecule has 3 aliphatic heterocycles. The fourth-order valence-corrected chi connectivity index (χ4v) is 15.5. The highest BCUT2D eigenvalue weighted by molar-refractivity contribution is 8.09. The molecular weight excluding hydrogens is 1200 g/mol. The number of nitrogen functional groups attached to an aromatic ring is 2. The van der Waals surface area contributed by atoms with Crippen LogP contribution in [0.3, 0.4) is 0 Å². The van der Waals surface area contributed by atoms with Crippen molar-refractivity contribution < 1.29 is 99.0 Å². The van der Waals surface area contributed by atoms with Crippen molar-refractivity contribution in [2.45, 2.75) is 80.2 Å². The van der Waals surface area contributed by atoms with Gasteiger partial charge in [0.15, 0.2) is 46.9 Å². The van der Waals surface area contributed by atoms with Gasteiger partial charge in [-0.15, -0.1) is 0 Å². The van der Waals surface area contributed by atoms with E-state index in [-0.39, 0.29) is 45.4 Å². The smallest absolute Gasteiger partial charge is 0.387 e. The first-order valence-corrected chi connectivity index (χ1v) is 31.6. The number of nitrogens with two attached hydrogens (primary N) is 2. The fourth-order valence-electron chi connectivity index (χ4n) is 9.29. The van der Waals surface area contributed by atoms with Crippen molar-refractivity contribution >= 4 is 93.0 Å². The zero-order valence-corrected chi connectivity index (χ0v) is 46.9. The monoisotopic (exact) mass is 1250 g/mol. The molecule has 0 amide bonds. The van der Waals surface area contributed by atoms with Gasteiger partial charge in [0.2, 0.25) is 17.7 Å². The third kappa shape index (κ3) is 12.4. The lowest BCUT2D eigenvalue weighted by Gasteiger charge is -2.27. The number of aromatic nitrogens is 12. The maximum atomic E-state index is 14.3. The average Bonchev–Trinajstić information content (AvgIpc) is 4.47. The van der Waals surface area contributed by atoms with Crippen molar-refractivity contribution in [3.8, 4) is 0 Å². The first-order valence-electron chi connectivity index (χ1n) is 24.0. The second kappa shape index (κ2) is 23.2. The van der Waals surface area contributed by atoms with Crippen LogP contribution in [0.5, 0.6) is 0 Å². The van der Waals surface area contributed by atoms with Crippen molar-refractivity contribution in [1.29, 1.82) is 0 Å². The summed E-state index contributed by atoms with van der Waals surface area (Å²) in [6.45, 7) is -6.80. The number of imidazole rings is 3. The van der Waals surface area contributed by atoms with Crippen LogP contribution in [-0.4, -0.2) is 177 Å². The second-order valence-corrected chi connectivity index (χ2v) is 26.6. The summed E-state index contributed by atoms with van der Waals surface area (Å²) in [6, 6.07) is 9.36. The molecule has 42 heteroatoms. The molecule has 0 saturated carbocycles. The first kappa shape index (κ1) is 59.7.